The number of amides is 1. The predicted octanol–water partition coefficient (Wildman–Crippen LogP) is 1.38. The molecule has 3 heterocycles. The Hall–Kier alpha value is -2.42. The van der Waals surface area contributed by atoms with Gasteiger partial charge in [-0.2, -0.15) is 5.10 Å². The van der Waals surface area contributed by atoms with Gasteiger partial charge in [-0.3, -0.25) is 9.59 Å². The van der Waals surface area contributed by atoms with E-state index in [1.807, 2.05) is 6.07 Å². The molecule has 4 N–H and O–H groups in total. The highest BCUT2D eigenvalue weighted by atomic mass is 35.5. The average molecular weight is 392 g/mol. The van der Waals surface area contributed by atoms with Crippen molar-refractivity contribution in [1.29, 1.82) is 0 Å². The topological polar surface area (TPSA) is 112 Å². The van der Waals surface area contributed by atoms with Gasteiger partial charge in [0.25, 0.3) is 11.5 Å². The minimum atomic E-state index is -1.13. The maximum Gasteiger partial charge on any atom is 0.252 e. The molecule has 3 aromatic rings. The molecule has 1 aliphatic rings. The summed E-state index contributed by atoms with van der Waals surface area (Å²) >= 11 is 0. The second-order valence-corrected chi connectivity index (χ2v) is 6.71. The first-order chi connectivity index (χ1) is 12.5. The van der Waals surface area contributed by atoms with Crippen LogP contribution in [0.4, 0.5) is 5.69 Å². The number of hydrogen-bond donors (Lipinski definition) is 4. The van der Waals surface area contributed by atoms with Crippen molar-refractivity contribution in [3.8, 4) is 0 Å². The van der Waals surface area contributed by atoms with E-state index in [0.717, 1.165) is 31.6 Å². The molecule has 2 aromatic heterocycles. The van der Waals surface area contributed by atoms with Crippen LogP contribution in [0.5, 0.6) is 0 Å². The number of hydrogen-bond acceptors (Lipinski definition) is 5. The number of aromatic amines is 1. The Morgan fingerprint density at radius 3 is 2.81 bits per heavy atom. The Bertz CT molecular complexity index is 1040. The standard InChI is InChI=1S/C18H21N5O3.ClH/c1-10(24)18(26)20-12-3-2-4-13-16(12)17-21-15(25)9-14(23(17)22-13)11-5-7-19-8-6-11;/h2-4,9-11,19,24H,5-8H2,1H3,(H,20,26)(H,21,25);1H. The molecule has 4 rings (SSSR count). The van der Waals surface area contributed by atoms with Gasteiger partial charge in [-0.15, -0.1) is 12.4 Å². The van der Waals surface area contributed by atoms with Crippen LogP contribution in [0.25, 0.3) is 16.6 Å². The molecule has 0 saturated carbocycles. The van der Waals surface area contributed by atoms with E-state index in [1.54, 1.807) is 22.7 Å². The summed E-state index contributed by atoms with van der Waals surface area (Å²) in [5, 5.41) is 20.8. The van der Waals surface area contributed by atoms with Gasteiger partial charge in [0.05, 0.1) is 22.3 Å². The zero-order valence-electron chi connectivity index (χ0n) is 14.9. The Balaban J connectivity index is 0.00000210. The summed E-state index contributed by atoms with van der Waals surface area (Å²) in [4.78, 5) is 27.1. The van der Waals surface area contributed by atoms with Gasteiger partial charge in [0, 0.05) is 12.0 Å². The van der Waals surface area contributed by atoms with Crippen LogP contribution < -0.4 is 16.2 Å². The number of rotatable bonds is 3. The van der Waals surface area contributed by atoms with Crippen LogP contribution in [0.2, 0.25) is 0 Å². The summed E-state index contributed by atoms with van der Waals surface area (Å²) < 4.78 is 1.78. The smallest absolute Gasteiger partial charge is 0.252 e. The second-order valence-electron chi connectivity index (χ2n) is 6.71. The summed E-state index contributed by atoms with van der Waals surface area (Å²) in [6, 6.07) is 6.97. The molecule has 1 unspecified atom stereocenters. The summed E-state index contributed by atoms with van der Waals surface area (Å²) in [5.41, 5.74) is 2.44. The van der Waals surface area contributed by atoms with E-state index in [0.29, 0.717) is 22.2 Å². The number of benzene rings is 1. The van der Waals surface area contributed by atoms with Gasteiger partial charge in [0.1, 0.15) is 11.8 Å². The Labute approximate surface area is 161 Å². The fourth-order valence-corrected chi connectivity index (χ4v) is 3.54. The normalized spacial score (nSPS) is 16.2. The van der Waals surface area contributed by atoms with Crippen molar-refractivity contribution < 1.29 is 9.90 Å². The average Bonchev–Trinajstić information content (AvgIpc) is 3.01. The summed E-state index contributed by atoms with van der Waals surface area (Å²) in [5.74, 6) is -0.250. The third-order valence-electron chi connectivity index (χ3n) is 4.86. The lowest BCUT2D eigenvalue weighted by molar-refractivity contribution is -0.123. The highest BCUT2D eigenvalue weighted by Crippen LogP contribution is 2.30. The molecular formula is C18H22ClN5O3. The number of piperidine rings is 1. The molecule has 1 amide bonds. The predicted molar refractivity (Wildman–Crippen MR) is 106 cm³/mol. The van der Waals surface area contributed by atoms with Gasteiger partial charge in [0.15, 0.2) is 0 Å². The van der Waals surface area contributed by atoms with E-state index < -0.39 is 12.0 Å². The van der Waals surface area contributed by atoms with Crippen LogP contribution in [-0.4, -0.2) is 44.8 Å². The van der Waals surface area contributed by atoms with Crippen LogP contribution >= 0.6 is 12.4 Å². The maximum atomic E-state index is 12.3. The van der Waals surface area contributed by atoms with Gasteiger partial charge >= 0.3 is 0 Å². The number of carbonyl (C=O) groups is 1. The number of halogens is 1. The number of aromatic nitrogens is 3. The van der Waals surface area contributed by atoms with Crippen LogP contribution in [0.1, 0.15) is 31.4 Å². The molecule has 144 valence electrons. The van der Waals surface area contributed by atoms with Crippen molar-refractivity contribution >= 4 is 40.6 Å². The third kappa shape index (κ3) is 3.55. The summed E-state index contributed by atoms with van der Waals surface area (Å²) in [6.45, 7) is 3.23. The molecule has 1 aromatic carbocycles. The molecule has 1 atom stereocenters. The van der Waals surface area contributed by atoms with Crippen LogP contribution in [0, 0.1) is 0 Å². The zero-order valence-corrected chi connectivity index (χ0v) is 15.7. The van der Waals surface area contributed by atoms with Gasteiger partial charge in [-0.05, 0) is 45.0 Å². The fraction of sp³-hybridized carbons (Fsp3) is 0.389. The molecule has 8 nitrogen and oxygen atoms in total. The van der Waals surface area contributed by atoms with E-state index >= 15 is 0 Å². The van der Waals surface area contributed by atoms with Crippen LogP contribution in [-0.2, 0) is 4.79 Å². The lowest BCUT2D eigenvalue weighted by atomic mass is 9.94. The molecule has 1 fully saturated rings. The van der Waals surface area contributed by atoms with E-state index in [1.165, 1.54) is 6.92 Å². The highest BCUT2D eigenvalue weighted by molar-refractivity contribution is 6.08. The number of aliphatic hydroxyl groups excluding tert-OH is 1. The number of carbonyl (C=O) groups excluding carboxylic acids is 1. The van der Waals surface area contributed by atoms with Gasteiger partial charge in [0.2, 0.25) is 0 Å². The lowest BCUT2D eigenvalue weighted by Crippen LogP contribution is -2.28. The number of nitrogens with one attached hydrogen (secondary N) is 3. The van der Waals surface area contributed by atoms with E-state index in [9.17, 15) is 14.7 Å². The molecule has 1 saturated heterocycles. The number of anilines is 1. The lowest BCUT2D eigenvalue weighted by Gasteiger charge is -2.23. The fourth-order valence-electron chi connectivity index (χ4n) is 3.54. The molecule has 0 spiro atoms. The van der Waals surface area contributed by atoms with Crippen molar-refractivity contribution in [3.05, 3.63) is 40.3 Å². The van der Waals surface area contributed by atoms with Crippen LogP contribution in [0.3, 0.4) is 0 Å². The minimum absolute atomic E-state index is 0. The Morgan fingerprint density at radius 2 is 2.11 bits per heavy atom. The minimum Gasteiger partial charge on any atom is -0.384 e. The largest absolute Gasteiger partial charge is 0.384 e. The molecule has 0 aliphatic carbocycles. The van der Waals surface area contributed by atoms with Gasteiger partial charge in [-0.25, -0.2) is 4.52 Å². The number of nitrogens with zero attached hydrogens (tertiary/aromatic N) is 2. The quantitative estimate of drug-likeness (QED) is 0.539. The summed E-state index contributed by atoms with van der Waals surface area (Å²) in [6.07, 6.45) is 0.761. The number of aliphatic hydroxyl groups is 1. The van der Waals surface area contributed by atoms with Crippen molar-refractivity contribution in [2.24, 2.45) is 0 Å². The maximum absolute atomic E-state index is 12.3. The molecular weight excluding hydrogens is 370 g/mol. The van der Waals surface area contributed by atoms with Crippen molar-refractivity contribution in [1.82, 2.24) is 19.9 Å². The Kier molecular flexibility index (Phi) is 5.50. The second kappa shape index (κ2) is 7.67. The SMILES string of the molecule is CC(O)C(=O)Nc1cccc2nn3c(C4CCNCC4)cc(=O)[nH]c3c12.Cl. The zero-order chi connectivity index (χ0) is 18.3. The number of H-pyrrole nitrogens is 1. The monoisotopic (exact) mass is 391 g/mol. The third-order valence-corrected chi connectivity index (χ3v) is 4.86. The molecule has 27 heavy (non-hydrogen) atoms. The summed E-state index contributed by atoms with van der Waals surface area (Å²) in [7, 11) is 0. The first kappa shape index (κ1) is 19.3. The van der Waals surface area contributed by atoms with E-state index in [-0.39, 0.29) is 23.9 Å². The molecule has 0 radical (unpaired) electrons. The Morgan fingerprint density at radius 1 is 1.37 bits per heavy atom. The first-order valence-corrected chi connectivity index (χ1v) is 8.79. The molecule has 1 aliphatic heterocycles. The van der Waals surface area contributed by atoms with Crippen molar-refractivity contribution in [2.75, 3.05) is 18.4 Å². The van der Waals surface area contributed by atoms with Crippen molar-refractivity contribution in [3.63, 3.8) is 0 Å². The molecule has 9 heteroatoms. The highest BCUT2D eigenvalue weighted by Gasteiger charge is 2.22. The van der Waals surface area contributed by atoms with E-state index in [2.05, 4.69) is 20.7 Å². The van der Waals surface area contributed by atoms with Crippen molar-refractivity contribution in [2.45, 2.75) is 31.8 Å². The van der Waals surface area contributed by atoms with Gasteiger partial charge < -0.3 is 20.7 Å². The number of fused-ring (bicyclic) bond motifs is 3. The first-order valence-electron chi connectivity index (χ1n) is 8.79. The van der Waals surface area contributed by atoms with Gasteiger partial charge in [-0.1, -0.05) is 6.07 Å². The molecule has 0 bridgehead atoms. The van der Waals surface area contributed by atoms with E-state index in [4.69, 9.17) is 0 Å². The van der Waals surface area contributed by atoms with Crippen LogP contribution in [0.15, 0.2) is 29.1 Å².